The van der Waals surface area contributed by atoms with Crippen LogP contribution in [0.15, 0.2) is 36.0 Å². The highest BCUT2D eigenvalue weighted by atomic mass is 32.1. The summed E-state index contributed by atoms with van der Waals surface area (Å²) in [4.78, 5) is 23.5. The summed E-state index contributed by atoms with van der Waals surface area (Å²) in [6.07, 6.45) is 2.41. The number of aliphatic hydroxyl groups is 1. The molecule has 1 amide bonds. The van der Waals surface area contributed by atoms with Gasteiger partial charge in [0.2, 0.25) is 0 Å². The average molecular weight is 294 g/mol. The number of thiophene rings is 1. The lowest BCUT2D eigenvalue weighted by Gasteiger charge is -2.17. The molecule has 0 aliphatic heterocycles. The van der Waals surface area contributed by atoms with Crippen molar-refractivity contribution < 1.29 is 19.8 Å². The molecule has 0 saturated carbocycles. The van der Waals surface area contributed by atoms with Crippen molar-refractivity contribution >= 4 is 23.2 Å². The Morgan fingerprint density at radius 2 is 2.00 bits per heavy atom. The predicted molar refractivity (Wildman–Crippen MR) is 74.2 cm³/mol. The van der Waals surface area contributed by atoms with E-state index in [4.69, 9.17) is 5.11 Å². The van der Waals surface area contributed by atoms with E-state index in [1.807, 2.05) is 12.1 Å². The van der Waals surface area contributed by atoms with Gasteiger partial charge in [0.1, 0.15) is 4.88 Å². The quantitative estimate of drug-likeness (QED) is 0.770. The Bertz CT molecular complexity index is 604. The lowest BCUT2D eigenvalue weighted by Crippen LogP contribution is -2.47. The van der Waals surface area contributed by atoms with Crippen molar-refractivity contribution in [2.45, 2.75) is 19.1 Å². The summed E-state index contributed by atoms with van der Waals surface area (Å²) >= 11 is 1.21. The zero-order valence-corrected chi connectivity index (χ0v) is 11.5. The standard InChI is InChI=1S/C13H14N2O4S/c1-8(16)10(13(18)19)14-12(17)11-9(4-7-20-11)15-5-2-3-6-15/h2-8,10,16H,1H3,(H,14,17)(H,18,19). The van der Waals surface area contributed by atoms with Crippen LogP contribution in [0.3, 0.4) is 0 Å². The van der Waals surface area contributed by atoms with Crippen molar-refractivity contribution in [1.82, 2.24) is 9.88 Å². The summed E-state index contributed by atoms with van der Waals surface area (Å²) < 4.78 is 1.77. The normalized spacial score (nSPS) is 13.7. The number of nitrogens with one attached hydrogen (secondary N) is 1. The molecule has 2 rings (SSSR count). The Balaban J connectivity index is 2.22. The number of amides is 1. The topological polar surface area (TPSA) is 91.6 Å². The van der Waals surface area contributed by atoms with Crippen molar-refractivity contribution in [3.63, 3.8) is 0 Å². The van der Waals surface area contributed by atoms with E-state index in [1.54, 1.807) is 28.4 Å². The highest BCUT2D eigenvalue weighted by Crippen LogP contribution is 2.21. The third-order valence-electron chi connectivity index (χ3n) is 2.77. The second kappa shape index (κ2) is 5.89. The number of carbonyl (C=O) groups is 2. The number of aromatic nitrogens is 1. The van der Waals surface area contributed by atoms with Crippen LogP contribution in [0.4, 0.5) is 0 Å². The van der Waals surface area contributed by atoms with E-state index in [0.717, 1.165) is 0 Å². The third kappa shape index (κ3) is 2.89. The van der Waals surface area contributed by atoms with Crippen LogP contribution in [0.5, 0.6) is 0 Å². The van der Waals surface area contributed by atoms with E-state index in [-0.39, 0.29) is 0 Å². The molecule has 2 unspecified atom stereocenters. The molecule has 2 atom stereocenters. The van der Waals surface area contributed by atoms with Crippen molar-refractivity contribution in [3.8, 4) is 5.69 Å². The summed E-state index contributed by atoms with van der Waals surface area (Å²) in [7, 11) is 0. The van der Waals surface area contributed by atoms with Crippen LogP contribution in [0.25, 0.3) is 5.69 Å². The summed E-state index contributed by atoms with van der Waals surface area (Å²) in [6.45, 7) is 1.32. The molecule has 0 aromatic carbocycles. The minimum atomic E-state index is -1.33. The molecule has 0 aliphatic carbocycles. The monoisotopic (exact) mass is 294 g/mol. The Kier molecular flexibility index (Phi) is 4.21. The smallest absolute Gasteiger partial charge is 0.328 e. The number of carboxylic acid groups (broad SMARTS) is 1. The molecule has 0 aliphatic rings. The molecule has 6 nitrogen and oxygen atoms in total. The lowest BCUT2D eigenvalue weighted by molar-refractivity contribution is -0.141. The molecular weight excluding hydrogens is 280 g/mol. The SMILES string of the molecule is CC(O)C(NC(=O)c1sccc1-n1cccc1)C(=O)O. The second-order valence-electron chi connectivity index (χ2n) is 4.26. The molecule has 0 spiro atoms. The molecule has 2 aromatic heterocycles. The Hall–Kier alpha value is -2.12. The molecule has 20 heavy (non-hydrogen) atoms. The van der Waals surface area contributed by atoms with Gasteiger partial charge in [-0.1, -0.05) is 0 Å². The van der Waals surface area contributed by atoms with Gasteiger partial charge in [-0.2, -0.15) is 0 Å². The van der Waals surface area contributed by atoms with Gasteiger partial charge in [-0.05, 0) is 30.5 Å². The highest BCUT2D eigenvalue weighted by molar-refractivity contribution is 7.12. The first-order chi connectivity index (χ1) is 9.50. The van der Waals surface area contributed by atoms with E-state index in [2.05, 4.69) is 5.32 Å². The van der Waals surface area contributed by atoms with Gasteiger partial charge in [0, 0.05) is 12.4 Å². The molecule has 0 fully saturated rings. The maximum Gasteiger partial charge on any atom is 0.328 e. The lowest BCUT2D eigenvalue weighted by atomic mass is 10.2. The Morgan fingerprint density at radius 1 is 1.35 bits per heavy atom. The summed E-state index contributed by atoms with van der Waals surface area (Å²) in [6, 6.07) is 4.10. The fourth-order valence-corrected chi connectivity index (χ4v) is 2.56. The van der Waals surface area contributed by atoms with Crippen molar-refractivity contribution in [3.05, 3.63) is 40.8 Å². The Labute approximate surface area is 119 Å². The fraction of sp³-hybridized carbons (Fsp3) is 0.231. The van der Waals surface area contributed by atoms with Crippen LogP contribution in [-0.4, -0.2) is 38.8 Å². The molecule has 0 radical (unpaired) electrons. The van der Waals surface area contributed by atoms with E-state index < -0.39 is 24.0 Å². The molecule has 0 saturated heterocycles. The van der Waals surface area contributed by atoms with Gasteiger partial charge in [-0.25, -0.2) is 4.79 Å². The first-order valence-corrected chi connectivity index (χ1v) is 6.81. The number of aliphatic carboxylic acids is 1. The van der Waals surface area contributed by atoms with Gasteiger partial charge in [0.15, 0.2) is 6.04 Å². The molecule has 106 valence electrons. The van der Waals surface area contributed by atoms with Crippen LogP contribution in [0.2, 0.25) is 0 Å². The molecule has 3 N–H and O–H groups in total. The third-order valence-corrected chi connectivity index (χ3v) is 3.67. The van der Waals surface area contributed by atoms with Crippen LogP contribution in [0, 0.1) is 0 Å². The van der Waals surface area contributed by atoms with Gasteiger partial charge >= 0.3 is 5.97 Å². The van der Waals surface area contributed by atoms with E-state index in [0.29, 0.717) is 10.6 Å². The second-order valence-corrected chi connectivity index (χ2v) is 5.17. The molecule has 2 heterocycles. The van der Waals surface area contributed by atoms with Gasteiger partial charge in [-0.3, -0.25) is 4.79 Å². The largest absolute Gasteiger partial charge is 0.480 e. The van der Waals surface area contributed by atoms with Gasteiger partial charge in [0.05, 0.1) is 11.8 Å². The van der Waals surface area contributed by atoms with E-state index in [9.17, 15) is 14.7 Å². The fourth-order valence-electron chi connectivity index (χ4n) is 1.77. The average Bonchev–Trinajstić information content (AvgIpc) is 3.03. The predicted octanol–water partition coefficient (Wildman–Crippen LogP) is 1.10. The minimum absolute atomic E-state index is 0.396. The zero-order chi connectivity index (χ0) is 14.7. The summed E-state index contributed by atoms with van der Waals surface area (Å²) in [5.41, 5.74) is 0.673. The summed E-state index contributed by atoms with van der Waals surface area (Å²) in [5, 5.41) is 22.4. The van der Waals surface area contributed by atoms with Crippen LogP contribution >= 0.6 is 11.3 Å². The molecule has 2 aromatic rings. The van der Waals surface area contributed by atoms with E-state index in [1.165, 1.54) is 18.3 Å². The van der Waals surface area contributed by atoms with Crippen LogP contribution in [-0.2, 0) is 4.79 Å². The van der Waals surface area contributed by atoms with Crippen molar-refractivity contribution in [1.29, 1.82) is 0 Å². The van der Waals surface area contributed by atoms with E-state index >= 15 is 0 Å². The number of hydrogen-bond donors (Lipinski definition) is 3. The molecule has 0 bridgehead atoms. The molecular formula is C13H14N2O4S. The van der Waals surface area contributed by atoms with Crippen molar-refractivity contribution in [2.75, 3.05) is 0 Å². The number of aliphatic hydroxyl groups excluding tert-OH is 1. The maximum absolute atomic E-state index is 12.2. The van der Waals surface area contributed by atoms with Gasteiger partial charge < -0.3 is 20.1 Å². The van der Waals surface area contributed by atoms with Gasteiger partial charge in [-0.15, -0.1) is 11.3 Å². The number of nitrogens with zero attached hydrogens (tertiary/aromatic N) is 1. The number of carboxylic acids is 1. The molecule has 7 heteroatoms. The van der Waals surface area contributed by atoms with Gasteiger partial charge in [0.25, 0.3) is 5.91 Å². The van der Waals surface area contributed by atoms with Crippen LogP contribution < -0.4 is 5.32 Å². The minimum Gasteiger partial charge on any atom is -0.480 e. The Morgan fingerprint density at radius 3 is 2.55 bits per heavy atom. The zero-order valence-electron chi connectivity index (χ0n) is 10.7. The number of rotatable bonds is 5. The number of carbonyl (C=O) groups excluding carboxylic acids is 1. The van der Waals surface area contributed by atoms with Crippen LogP contribution in [0.1, 0.15) is 16.6 Å². The summed E-state index contributed by atoms with van der Waals surface area (Å²) in [5.74, 6) is -1.79. The first-order valence-electron chi connectivity index (χ1n) is 5.93. The highest BCUT2D eigenvalue weighted by Gasteiger charge is 2.27. The maximum atomic E-state index is 12.2. The van der Waals surface area contributed by atoms with Crippen molar-refractivity contribution in [2.24, 2.45) is 0 Å². The first kappa shape index (κ1) is 14.3. The number of hydrogen-bond acceptors (Lipinski definition) is 4.